The van der Waals surface area contributed by atoms with Crippen molar-refractivity contribution >= 4 is 0 Å². The minimum absolute atomic E-state index is 0.495. The van der Waals surface area contributed by atoms with Gasteiger partial charge in [0.05, 0.1) is 0 Å². The molecule has 0 amide bonds. The lowest BCUT2D eigenvalue weighted by molar-refractivity contribution is 0.224. The normalized spacial score (nSPS) is 35.3. The lowest BCUT2D eigenvalue weighted by atomic mass is 9.76. The Morgan fingerprint density at radius 2 is 2.00 bits per heavy atom. The molecule has 1 heteroatoms. The van der Waals surface area contributed by atoms with Gasteiger partial charge in [0.1, 0.15) is 0 Å². The highest BCUT2D eigenvalue weighted by Gasteiger charge is 2.25. The van der Waals surface area contributed by atoms with E-state index >= 15 is 0 Å². The van der Waals surface area contributed by atoms with Crippen LogP contribution in [0.3, 0.4) is 0 Å². The zero-order valence-electron chi connectivity index (χ0n) is 9.42. The molecule has 1 aliphatic carbocycles. The van der Waals surface area contributed by atoms with Gasteiger partial charge in [-0.15, -0.1) is 0 Å². The molecule has 13 heavy (non-hydrogen) atoms. The fraction of sp³-hybridized carbons (Fsp3) is 1.00. The van der Waals surface area contributed by atoms with Crippen LogP contribution < -0.4 is 5.73 Å². The topological polar surface area (TPSA) is 26.0 Å². The molecule has 0 heterocycles. The third-order valence-electron chi connectivity index (χ3n) is 3.42. The Kier molecular flexibility index (Phi) is 4.24. The van der Waals surface area contributed by atoms with Gasteiger partial charge in [0, 0.05) is 6.04 Å². The Labute approximate surface area is 83.1 Å². The molecule has 1 saturated carbocycles. The van der Waals surface area contributed by atoms with Crippen molar-refractivity contribution < 1.29 is 0 Å². The van der Waals surface area contributed by atoms with Gasteiger partial charge in [-0.2, -0.15) is 0 Å². The first-order valence-electron chi connectivity index (χ1n) is 5.85. The lowest BCUT2D eigenvalue weighted by Crippen LogP contribution is -2.35. The molecular formula is C12H25N. The molecule has 0 aromatic rings. The summed E-state index contributed by atoms with van der Waals surface area (Å²) >= 11 is 0. The van der Waals surface area contributed by atoms with Gasteiger partial charge in [0.25, 0.3) is 0 Å². The van der Waals surface area contributed by atoms with Crippen molar-refractivity contribution in [3.63, 3.8) is 0 Å². The summed E-state index contributed by atoms with van der Waals surface area (Å²) in [6, 6.07) is 0.495. The number of hydrogen-bond donors (Lipinski definition) is 1. The number of hydrogen-bond acceptors (Lipinski definition) is 1. The van der Waals surface area contributed by atoms with Crippen LogP contribution in [-0.4, -0.2) is 6.04 Å². The zero-order chi connectivity index (χ0) is 9.84. The first-order valence-corrected chi connectivity index (χ1v) is 5.85. The predicted octanol–water partition coefficient (Wildman–Crippen LogP) is 3.19. The molecule has 0 spiro atoms. The Morgan fingerprint density at radius 3 is 2.62 bits per heavy atom. The summed E-state index contributed by atoms with van der Waals surface area (Å²) in [7, 11) is 0. The second-order valence-corrected chi connectivity index (χ2v) is 5.31. The van der Waals surface area contributed by atoms with E-state index in [-0.39, 0.29) is 0 Å². The Balaban J connectivity index is 2.29. The Hall–Kier alpha value is -0.0400. The van der Waals surface area contributed by atoms with Crippen LogP contribution in [0.5, 0.6) is 0 Å². The second-order valence-electron chi connectivity index (χ2n) is 5.31. The van der Waals surface area contributed by atoms with Gasteiger partial charge in [-0.1, -0.05) is 27.2 Å². The van der Waals surface area contributed by atoms with Crippen LogP contribution in [0.15, 0.2) is 0 Å². The molecule has 0 radical (unpaired) electrons. The van der Waals surface area contributed by atoms with Gasteiger partial charge in [-0.05, 0) is 43.4 Å². The molecule has 0 saturated heterocycles. The molecule has 1 rings (SSSR count). The van der Waals surface area contributed by atoms with Crippen molar-refractivity contribution in [2.45, 2.75) is 58.9 Å². The maximum atomic E-state index is 6.13. The van der Waals surface area contributed by atoms with Gasteiger partial charge in [-0.25, -0.2) is 0 Å². The minimum atomic E-state index is 0.495. The standard InChI is InChI=1S/C12H25N/c1-9(2)4-6-11-8-10(3)5-7-12(11)13/h9-12H,4-8,13H2,1-3H3. The van der Waals surface area contributed by atoms with E-state index in [1.54, 1.807) is 0 Å². The maximum absolute atomic E-state index is 6.13. The van der Waals surface area contributed by atoms with Crippen LogP contribution in [0.1, 0.15) is 52.9 Å². The predicted molar refractivity (Wildman–Crippen MR) is 58.6 cm³/mol. The van der Waals surface area contributed by atoms with Crippen molar-refractivity contribution in [3.8, 4) is 0 Å². The number of rotatable bonds is 3. The van der Waals surface area contributed by atoms with E-state index in [9.17, 15) is 0 Å². The molecule has 0 aromatic heterocycles. The highest BCUT2D eigenvalue weighted by molar-refractivity contribution is 4.81. The van der Waals surface area contributed by atoms with Crippen LogP contribution in [0.2, 0.25) is 0 Å². The van der Waals surface area contributed by atoms with E-state index in [4.69, 9.17) is 5.73 Å². The van der Waals surface area contributed by atoms with Crippen molar-refractivity contribution in [1.82, 2.24) is 0 Å². The van der Waals surface area contributed by atoms with E-state index in [0.29, 0.717) is 6.04 Å². The van der Waals surface area contributed by atoms with Crippen molar-refractivity contribution in [3.05, 3.63) is 0 Å². The van der Waals surface area contributed by atoms with Crippen molar-refractivity contribution in [2.75, 3.05) is 0 Å². The second kappa shape index (κ2) is 4.99. The SMILES string of the molecule is CC(C)CCC1CC(C)CCC1N. The van der Waals surface area contributed by atoms with Crippen molar-refractivity contribution in [1.29, 1.82) is 0 Å². The summed E-state index contributed by atoms with van der Waals surface area (Å²) < 4.78 is 0. The summed E-state index contributed by atoms with van der Waals surface area (Å²) in [4.78, 5) is 0. The summed E-state index contributed by atoms with van der Waals surface area (Å²) in [5.41, 5.74) is 6.13. The van der Waals surface area contributed by atoms with Gasteiger partial charge >= 0.3 is 0 Å². The molecule has 3 unspecified atom stereocenters. The maximum Gasteiger partial charge on any atom is 0.00673 e. The van der Waals surface area contributed by atoms with Crippen LogP contribution in [0.4, 0.5) is 0 Å². The Bertz CT molecular complexity index is 142. The van der Waals surface area contributed by atoms with Crippen molar-refractivity contribution in [2.24, 2.45) is 23.5 Å². The fourth-order valence-electron chi connectivity index (χ4n) is 2.40. The quantitative estimate of drug-likeness (QED) is 0.714. The average Bonchev–Trinajstić information content (AvgIpc) is 2.06. The molecule has 78 valence electrons. The van der Waals surface area contributed by atoms with Gasteiger partial charge < -0.3 is 5.73 Å². The minimum Gasteiger partial charge on any atom is -0.327 e. The monoisotopic (exact) mass is 183 g/mol. The van der Waals surface area contributed by atoms with Crippen LogP contribution in [0, 0.1) is 17.8 Å². The van der Waals surface area contributed by atoms with Crippen LogP contribution in [0.25, 0.3) is 0 Å². The summed E-state index contributed by atoms with van der Waals surface area (Å²) in [6.45, 7) is 6.98. The first kappa shape index (κ1) is 11.0. The van der Waals surface area contributed by atoms with Gasteiger partial charge in [0.2, 0.25) is 0 Å². The highest BCUT2D eigenvalue weighted by atomic mass is 14.7. The highest BCUT2D eigenvalue weighted by Crippen LogP contribution is 2.31. The largest absolute Gasteiger partial charge is 0.327 e. The van der Waals surface area contributed by atoms with E-state index in [0.717, 1.165) is 17.8 Å². The third kappa shape index (κ3) is 3.68. The molecule has 1 aliphatic rings. The molecule has 1 fully saturated rings. The molecule has 0 aliphatic heterocycles. The molecule has 1 nitrogen and oxygen atoms in total. The summed E-state index contributed by atoms with van der Waals surface area (Å²) in [5.74, 6) is 2.56. The summed E-state index contributed by atoms with van der Waals surface area (Å²) in [6.07, 6.45) is 6.67. The van der Waals surface area contributed by atoms with E-state index in [2.05, 4.69) is 20.8 Å². The molecule has 3 atom stereocenters. The van der Waals surface area contributed by atoms with E-state index in [1.165, 1.54) is 32.1 Å². The molecule has 0 aromatic carbocycles. The fourth-order valence-corrected chi connectivity index (χ4v) is 2.40. The molecule has 2 N–H and O–H groups in total. The number of nitrogens with two attached hydrogens (primary N) is 1. The Morgan fingerprint density at radius 1 is 1.31 bits per heavy atom. The molecular weight excluding hydrogens is 158 g/mol. The van der Waals surface area contributed by atoms with Crippen LogP contribution in [-0.2, 0) is 0 Å². The average molecular weight is 183 g/mol. The van der Waals surface area contributed by atoms with E-state index < -0.39 is 0 Å². The third-order valence-corrected chi connectivity index (χ3v) is 3.42. The van der Waals surface area contributed by atoms with E-state index in [1.807, 2.05) is 0 Å². The summed E-state index contributed by atoms with van der Waals surface area (Å²) in [5, 5.41) is 0. The molecule has 0 bridgehead atoms. The zero-order valence-corrected chi connectivity index (χ0v) is 9.42. The van der Waals surface area contributed by atoms with Gasteiger partial charge in [-0.3, -0.25) is 0 Å². The van der Waals surface area contributed by atoms with Gasteiger partial charge in [0.15, 0.2) is 0 Å². The van der Waals surface area contributed by atoms with Crippen LogP contribution >= 0.6 is 0 Å². The lowest BCUT2D eigenvalue weighted by Gasteiger charge is -2.32. The smallest absolute Gasteiger partial charge is 0.00673 e. The first-order chi connectivity index (χ1) is 6.09.